The minimum atomic E-state index is 0.820. The van der Waals surface area contributed by atoms with E-state index in [-0.39, 0.29) is 0 Å². The second kappa shape index (κ2) is 6.72. The zero-order valence-electron chi connectivity index (χ0n) is 12.7. The highest BCUT2D eigenvalue weighted by Crippen LogP contribution is 2.16. The van der Waals surface area contributed by atoms with Crippen molar-refractivity contribution in [3.63, 3.8) is 0 Å². The maximum atomic E-state index is 4.33. The molecule has 21 heavy (non-hydrogen) atoms. The van der Waals surface area contributed by atoms with Crippen LogP contribution < -0.4 is 5.32 Å². The monoisotopic (exact) mass is 281 g/mol. The highest BCUT2D eigenvalue weighted by atomic mass is 15.1. The molecule has 1 aliphatic rings. The molecule has 0 radical (unpaired) electrons. The Kier molecular flexibility index (Phi) is 4.51. The Morgan fingerprint density at radius 2 is 1.95 bits per heavy atom. The Labute approximate surface area is 127 Å². The van der Waals surface area contributed by atoms with Crippen LogP contribution in [0, 0.1) is 6.92 Å². The van der Waals surface area contributed by atoms with Crippen molar-refractivity contribution >= 4 is 5.69 Å². The van der Waals surface area contributed by atoms with Crippen molar-refractivity contribution in [2.75, 3.05) is 18.4 Å². The van der Waals surface area contributed by atoms with Gasteiger partial charge in [0, 0.05) is 30.7 Å². The van der Waals surface area contributed by atoms with Crippen LogP contribution in [0.2, 0.25) is 0 Å². The van der Waals surface area contributed by atoms with Gasteiger partial charge >= 0.3 is 0 Å². The number of aromatic nitrogens is 1. The summed E-state index contributed by atoms with van der Waals surface area (Å²) in [6.07, 6.45) is 4.63. The van der Waals surface area contributed by atoms with Crippen molar-refractivity contribution in [1.82, 2.24) is 9.88 Å². The summed E-state index contributed by atoms with van der Waals surface area (Å²) in [4.78, 5) is 6.86. The van der Waals surface area contributed by atoms with E-state index in [2.05, 4.69) is 51.6 Å². The first-order chi connectivity index (χ1) is 10.3. The van der Waals surface area contributed by atoms with Crippen LogP contribution >= 0.6 is 0 Å². The lowest BCUT2D eigenvalue weighted by Crippen LogP contribution is -2.18. The number of pyridine rings is 1. The third-order valence-corrected chi connectivity index (χ3v) is 4.00. The van der Waals surface area contributed by atoms with Crippen molar-refractivity contribution in [3.8, 4) is 0 Å². The number of hydrogen-bond acceptors (Lipinski definition) is 3. The predicted molar refractivity (Wildman–Crippen MR) is 87.3 cm³/mol. The van der Waals surface area contributed by atoms with Gasteiger partial charge in [-0.05, 0) is 62.2 Å². The molecule has 3 heteroatoms. The molecule has 2 aromatic rings. The molecule has 0 saturated carbocycles. The molecule has 0 spiro atoms. The van der Waals surface area contributed by atoms with Gasteiger partial charge in [-0.25, -0.2) is 0 Å². The van der Waals surface area contributed by atoms with Gasteiger partial charge in [-0.15, -0.1) is 0 Å². The Bertz CT molecular complexity index is 571. The molecule has 0 amide bonds. The molecule has 110 valence electrons. The lowest BCUT2D eigenvalue weighted by Gasteiger charge is -2.15. The van der Waals surface area contributed by atoms with Crippen LogP contribution in [0.25, 0.3) is 0 Å². The Balaban J connectivity index is 1.58. The molecule has 2 heterocycles. The third kappa shape index (κ3) is 4.05. The van der Waals surface area contributed by atoms with E-state index in [1.54, 1.807) is 0 Å². The number of nitrogens with one attached hydrogen (secondary N) is 1. The average molecular weight is 281 g/mol. The lowest BCUT2D eigenvalue weighted by atomic mass is 10.2. The summed E-state index contributed by atoms with van der Waals surface area (Å²) in [7, 11) is 0. The van der Waals surface area contributed by atoms with Gasteiger partial charge in [-0.1, -0.05) is 18.2 Å². The topological polar surface area (TPSA) is 28.2 Å². The fourth-order valence-corrected chi connectivity index (χ4v) is 2.79. The molecule has 3 nitrogen and oxygen atoms in total. The number of hydrogen-bond donors (Lipinski definition) is 1. The molecule has 0 atom stereocenters. The number of aryl methyl sites for hydroxylation is 1. The number of rotatable bonds is 5. The molecule has 0 bridgehead atoms. The van der Waals surface area contributed by atoms with Crippen LogP contribution in [0.1, 0.15) is 29.7 Å². The fourth-order valence-electron chi connectivity index (χ4n) is 2.79. The zero-order valence-corrected chi connectivity index (χ0v) is 12.7. The second-order valence-corrected chi connectivity index (χ2v) is 5.85. The zero-order chi connectivity index (χ0) is 14.5. The number of anilines is 1. The molecule has 1 aromatic heterocycles. The first kappa shape index (κ1) is 14.1. The fraction of sp³-hybridized carbons (Fsp3) is 0.389. The van der Waals surface area contributed by atoms with Gasteiger partial charge < -0.3 is 5.32 Å². The highest BCUT2D eigenvalue weighted by molar-refractivity contribution is 5.46. The second-order valence-electron chi connectivity index (χ2n) is 5.85. The molecule has 1 aromatic carbocycles. The first-order valence-electron chi connectivity index (χ1n) is 7.76. The summed E-state index contributed by atoms with van der Waals surface area (Å²) in [6, 6.07) is 12.9. The van der Waals surface area contributed by atoms with Gasteiger partial charge in [-0.2, -0.15) is 0 Å². The van der Waals surface area contributed by atoms with E-state index in [4.69, 9.17) is 0 Å². The summed E-state index contributed by atoms with van der Waals surface area (Å²) >= 11 is 0. The molecule has 0 unspecified atom stereocenters. The maximum absolute atomic E-state index is 4.33. The molecule has 1 aliphatic heterocycles. The minimum absolute atomic E-state index is 0.820. The quantitative estimate of drug-likeness (QED) is 0.907. The van der Waals surface area contributed by atoms with E-state index in [0.29, 0.717) is 0 Å². The van der Waals surface area contributed by atoms with Gasteiger partial charge in [0.25, 0.3) is 0 Å². The predicted octanol–water partition coefficient (Wildman–Crippen LogP) is 3.60. The standard InChI is InChI=1S/C18H23N3/c1-15-7-8-17(12-19-15)13-20-18-6-4-5-16(11-18)14-21-9-2-3-10-21/h4-8,11-12,20H,2-3,9-10,13-14H2,1H3. The molecule has 1 fully saturated rings. The lowest BCUT2D eigenvalue weighted by molar-refractivity contribution is 0.331. The largest absolute Gasteiger partial charge is 0.381 e. The maximum Gasteiger partial charge on any atom is 0.0416 e. The van der Waals surface area contributed by atoms with Crippen molar-refractivity contribution in [2.24, 2.45) is 0 Å². The third-order valence-electron chi connectivity index (χ3n) is 4.00. The van der Waals surface area contributed by atoms with Gasteiger partial charge in [0.15, 0.2) is 0 Å². The van der Waals surface area contributed by atoms with Gasteiger partial charge in [0.05, 0.1) is 0 Å². The van der Waals surface area contributed by atoms with Crippen molar-refractivity contribution in [3.05, 3.63) is 59.4 Å². The molecule has 3 rings (SSSR count). The van der Waals surface area contributed by atoms with Gasteiger partial charge in [-0.3, -0.25) is 9.88 Å². The van der Waals surface area contributed by atoms with Crippen molar-refractivity contribution in [1.29, 1.82) is 0 Å². The Hall–Kier alpha value is -1.87. The van der Waals surface area contributed by atoms with E-state index < -0.39 is 0 Å². The number of nitrogens with zero attached hydrogens (tertiary/aromatic N) is 2. The Morgan fingerprint density at radius 1 is 1.10 bits per heavy atom. The summed E-state index contributed by atoms with van der Waals surface area (Å²) in [5.74, 6) is 0. The highest BCUT2D eigenvalue weighted by Gasteiger charge is 2.11. The summed E-state index contributed by atoms with van der Waals surface area (Å²) < 4.78 is 0. The summed E-state index contributed by atoms with van der Waals surface area (Å²) in [5, 5.41) is 3.49. The van der Waals surface area contributed by atoms with E-state index in [1.807, 2.05) is 13.1 Å². The SMILES string of the molecule is Cc1ccc(CNc2cccc(CN3CCCC3)c2)cn1. The van der Waals surface area contributed by atoms with Crippen molar-refractivity contribution in [2.45, 2.75) is 32.9 Å². The van der Waals surface area contributed by atoms with Crippen LogP contribution in [-0.4, -0.2) is 23.0 Å². The Morgan fingerprint density at radius 3 is 2.71 bits per heavy atom. The number of benzene rings is 1. The van der Waals surface area contributed by atoms with Crippen LogP contribution in [0.15, 0.2) is 42.6 Å². The van der Waals surface area contributed by atoms with E-state index in [0.717, 1.165) is 18.8 Å². The average Bonchev–Trinajstić information content (AvgIpc) is 3.00. The molecule has 1 saturated heterocycles. The van der Waals surface area contributed by atoms with Crippen LogP contribution in [0.3, 0.4) is 0 Å². The van der Waals surface area contributed by atoms with E-state index >= 15 is 0 Å². The number of likely N-dealkylation sites (tertiary alicyclic amines) is 1. The van der Waals surface area contributed by atoms with Crippen LogP contribution in [-0.2, 0) is 13.1 Å². The van der Waals surface area contributed by atoms with Crippen molar-refractivity contribution < 1.29 is 0 Å². The van der Waals surface area contributed by atoms with E-state index in [1.165, 1.54) is 42.7 Å². The smallest absolute Gasteiger partial charge is 0.0416 e. The minimum Gasteiger partial charge on any atom is -0.381 e. The van der Waals surface area contributed by atoms with Gasteiger partial charge in [0.2, 0.25) is 0 Å². The normalized spacial score (nSPS) is 15.3. The van der Waals surface area contributed by atoms with E-state index in [9.17, 15) is 0 Å². The molecular weight excluding hydrogens is 258 g/mol. The van der Waals surface area contributed by atoms with Gasteiger partial charge in [0.1, 0.15) is 0 Å². The summed E-state index contributed by atoms with van der Waals surface area (Å²) in [5.41, 5.74) is 4.85. The summed E-state index contributed by atoms with van der Waals surface area (Å²) in [6.45, 7) is 6.39. The van der Waals surface area contributed by atoms with Crippen LogP contribution in [0.4, 0.5) is 5.69 Å². The molecule has 1 N–H and O–H groups in total. The first-order valence-corrected chi connectivity index (χ1v) is 7.76. The molecule has 0 aliphatic carbocycles. The molecular formula is C18H23N3. The van der Waals surface area contributed by atoms with Crippen LogP contribution in [0.5, 0.6) is 0 Å².